The number of aliphatic imine (C=N–C) groups is 1. The monoisotopic (exact) mass is 331 g/mol. The molecule has 0 aliphatic carbocycles. The Kier molecular flexibility index (Phi) is 3.97. The minimum absolute atomic E-state index is 0.771. The molecule has 0 spiro atoms. The molecule has 4 rings (SSSR count). The highest BCUT2D eigenvalue weighted by atomic mass is 32.1. The van der Waals surface area contributed by atoms with E-state index in [1.165, 1.54) is 5.56 Å². The largest absolute Gasteiger partial charge is 0.260 e. The Morgan fingerprint density at radius 2 is 1.88 bits per heavy atom. The molecule has 0 radical (unpaired) electrons. The molecule has 3 aromatic rings. The molecular weight excluding hydrogens is 314 g/mol. The highest BCUT2D eigenvalue weighted by molar-refractivity contribution is 7.12. The molecule has 1 aromatic heterocycles. The van der Waals surface area contributed by atoms with Crippen LogP contribution in [-0.4, -0.2) is 11.5 Å². The van der Waals surface area contributed by atoms with E-state index in [-0.39, 0.29) is 0 Å². The van der Waals surface area contributed by atoms with Crippen LogP contribution in [0.5, 0.6) is 0 Å². The van der Waals surface area contributed by atoms with E-state index in [1.807, 2.05) is 30.3 Å². The van der Waals surface area contributed by atoms with Gasteiger partial charge in [0.15, 0.2) is 5.84 Å². The molecule has 0 fully saturated rings. The van der Waals surface area contributed by atoms with Gasteiger partial charge < -0.3 is 0 Å². The smallest absolute Gasteiger partial charge is 0.154 e. The number of hydrogen-bond donors (Lipinski definition) is 1. The van der Waals surface area contributed by atoms with E-state index >= 15 is 0 Å². The minimum Gasteiger partial charge on any atom is -0.260 e. The first-order valence-corrected chi connectivity index (χ1v) is 8.88. The molecule has 24 heavy (non-hydrogen) atoms. The van der Waals surface area contributed by atoms with Crippen LogP contribution in [0.1, 0.15) is 28.5 Å². The topological polar surface area (TPSA) is 36.8 Å². The molecule has 3 nitrogen and oxygen atoms in total. The normalized spacial score (nSPS) is 13.4. The second-order valence-electron chi connectivity index (χ2n) is 5.58. The second-order valence-corrected chi connectivity index (χ2v) is 6.53. The van der Waals surface area contributed by atoms with E-state index in [2.05, 4.69) is 53.2 Å². The lowest BCUT2D eigenvalue weighted by molar-refractivity contribution is 1.03. The molecule has 2 heterocycles. The predicted molar refractivity (Wildman–Crippen MR) is 102 cm³/mol. The Morgan fingerprint density at radius 3 is 2.62 bits per heavy atom. The Bertz CT molecular complexity index is 909. The van der Waals surface area contributed by atoms with Gasteiger partial charge in [-0.1, -0.05) is 49.4 Å². The van der Waals surface area contributed by atoms with Crippen LogP contribution in [0, 0.1) is 0 Å². The number of rotatable bonds is 3. The average molecular weight is 331 g/mol. The van der Waals surface area contributed by atoms with E-state index in [1.54, 1.807) is 11.3 Å². The predicted octanol–water partition coefficient (Wildman–Crippen LogP) is 4.74. The number of amidine groups is 1. The fourth-order valence-electron chi connectivity index (χ4n) is 2.73. The summed E-state index contributed by atoms with van der Waals surface area (Å²) in [6.07, 6.45) is 0.994. The summed E-state index contributed by atoms with van der Waals surface area (Å²) in [5.74, 6) is 0.771. The number of fused-ring (bicyclic) bond motifs is 1. The van der Waals surface area contributed by atoms with Crippen molar-refractivity contribution in [3.05, 3.63) is 87.6 Å². The third kappa shape index (κ3) is 2.76. The fraction of sp³-hybridized carbons (Fsp3) is 0.100. The van der Waals surface area contributed by atoms with Gasteiger partial charge in [0, 0.05) is 11.1 Å². The Morgan fingerprint density at radius 1 is 1.00 bits per heavy atom. The molecule has 0 amide bonds. The Balaban J connectivity index is 1.89. The summed E-state index contributed by atoms with van der Waals surface area (Å²) in [4.78, 5) is 5.98. The zero-order chi connectivity index (χ0) is 16.4. The molecule has 118 valence electrons. The number of benzene rings is 2. The van der Waals surface area contributed by atoms with Crippen molar-refractivity contribution >= 4 is 28.6 Å². The molecule has 0 atom stereocenters. The van der Waals surface area contributed by atoms with Gasteiger partial charge in [-0.25, -0.2) is 4.99 Å². The molecule has 1 aliphatic rings. The quantitative estimate of drug-likeness (QED) is 0.739. The van der Waals surface area contributed by atoms with Gasteiger partial charge >= 0.3 is 0 Å². The number of hydrogen-bond acceptors (Lipinski definition) is 4. The highest BCUT2D eigenvalue weighted by Gasteiger charge is 2.18. The molecule has 0 unspecified atom stereocenters. The summed E-state index contributed by atoms with van der Waals surface area (Å²) in [6, 6.07) is 20.7. The summed E-state index contributed by atoms with van der Waals surface area (Å²) in [6.45, 7) is 2.16. The van der Waals surface area contributed by atoms with Crippen molar-refractivity contribution in [1.82, 2.24) is 5.43 Å². The van der Waals surface area contributed by atoms with Crippen LogP contribution in [0.15, 0.2) is 76.1 Å². The van der Waals surface area contributed by atoms with Gasteiger partial charge in [0.1, 0.15) is 5.71 Å². The van der Waals surface area contributed by atoms with Gasteiger partial charge in [-0.2, -0.15) is 5.10 Å². The zero-order valence-electron chi connectivity index (χ0n) is 13.4. The van der Waals surface area contributed by atoms with Crippen molar-refractivity contribution < 1.29 is 0 Å². The summed E-state index contributed by atoms with van der Waals surface area (Å²) in [5.41, 5.74) is 8.46. The molecule has 4 heteroatoms. The molecule has 2 aromatic carbocycles. The summed E-state index contributed by atoms with van der Waals surface area (Å²) < 4.78 is 0. The SMILES string of the molecule is CCc1ccc2c(c1)C(c1cccs1)=NNC(c1ccccc1)=N2. The van der Waals surface area contributed by atoms with Crippen molar-refractivity contribution in [3.8, 4) is 0 Å². The number of nitrogens with zero attached hydrogens (tertiary/aromatic N) is 2. The van der Waals surface area contributed by atoms with Crippen molar-refractivity contribution in [2.45, 2.75) is 13.3 Å². The summed E-state index contributed by atoms with van der Waals surface area (Å²) in [5, 5.41) is 6.76. The van der Waals surface area contributed by atoms with Gasteiger partial charge in [0.2, 0.25) is 0 Å². The van der Waals surface area contributed by atoms with Gasteiger partial charge in [0.05, 0.1) is 10.6 Å². The van der Waals surface area contributed by atoms with E-state index in [9.17, 15) is 0 Å². The first-order chi connectivity index (χ1) is 11.8. The molecule has 1 aliphatic heterocycles. The maximum Gasteiger partial charge on any atom is 0.154 e. The van der Waals surface area contributed by atoms with Gasteiger partial charge in [-0.15, -0.1) is 11.3 Å². The van der Waals surface area contributed by atoms with Crippen molar-refractivity contribution in [3.63, 3.8) is 0 Å². The lowest BCUT2D eigenvalue weighted by Gasteiger charge is -2.07. The maximum absolute atomic E-state index is 4.84. The van der Waals surface area contributed by atoms with Crippen LogP contribution in [0.25, 0.3) is 0 Å². The third-order valence-corrected chi connectivity index (χ3v) is 4.91. The lowest BCUT2D eigenvalue weighted by atomic mass is 10.0. The van der Waals surface area contributed by atoms with Crippen LogP contribution in [0.2, 0.25) is 0 Å². The first kappa shape index (κ1) is 14.8. The third-order valence-electron chi connectivity index (χ3n) is 4.03. The van der Waals surface area contributed by atoms with Crippen molar-refractivity contribution in [1.29, 1.82) is 0 Å². The maximum atomic E-state index is 4.84. The zero-order valence-corrected chi connectivity index (χ0v) is 14.2. The number of nitrogens with one attached hydrogen (secondary N) is 1. The Hall–Kier alpha value is -2.72. The van der Waals surface area contributed by atoms with Crippen LogP contribution < -0.4 is 5.43 Å². The van der Waals surface area contributed by atoms with E-state index < -0.39 is 0 Å². The van der Waals surface area contributed by atoms with Gasteiger partial charge in [-0.3, -0.25) is 5.43 Å². The first-order valence-electron chi connectivity index (χ1n) is 8.00. The van der Waals surface area contributed by atoms with Crippen molar-refractivity contribution in [2.75, 3.05) is 0 Å². The number of aryl methyl sites for hydroxylation is 1. The summed E-state index contributed by atoms with van der Waals surface area (Å²) in [7, 11) is 0. The van der Waals surface area contributed by atoms with Gasteiger partial charge in [0.25, 0.3) is 0 Å². The Labute approximate surface area is 145 Å². The highest BCUT2D eigenvalue weighted by Crippen LogP contribution is 2.28. The van der Waals surface area contributed by atoms with Crippen molar-refractivity contribution in [2.24, 2.45) is 10.1 Å². The minimum atomic E-state index is 0.771. The van der Waals surface area contributed by atoms with E-state index in [0.29, 0.717) is 0 Å². The molecule has 0 bridgehead atoms. The van der Waals surface area contributed by atoms with E-state index in [0.717, 1.165) is 39.7 Å². The van der Waals surface area contributed by atoms with E-state index in [4.69, 9.17) is 4.99 Å². The van der Waals surface area contributed by atoms with Gasteiger partial charge in [-0.05, 0) is 35.6 Å². The molecular formula is C20H17N3S. The molecule has 1 N–H and O–H groups in total. The molecule has 0 saturated heterocycles. The standard InChI is InChI=1S/C20H17N3S/c1-2-14-10-11-17-16(13-14)19(18-9-6-12-24-18)22-23-20(21-17)15-7-4-3-5-8-15/h3-13H,2H2,1H3,(H,21,23). The lowest BCUT2D eigenvalue weighted by Crippen LogP contribution is -2.19. The molecule has 0 saturated carbocycles. The number of hydrazone groups is 1. The van der Waals surface area contributed by atoms with Crippen LogP contribution in [0.4, 0.5) is 5.69 Å². The fourth-order valence-corrected chi connectivity index (χ4v) is 3.46. The average Bonchev–Trinajstić information content (AvgIpc) is 3.10. The second kappa shape index (κ2) is 6.42. The van der Waals surface area contributed by atoms with Crippen LogP contribution >= 0.6 is 11.3 Å². The number of thiophene rings is 1. The summed E-state index contributed by atoms with van der Waals surface area (Å²) >= 11 is 1.69. The van der Waals surface area contributed by atoms with Crippen LogP contribution in [0.3, 0.4) is 0 Å². The van der Waals surface area contributed by atoms with Crippen LogP contribution in [-0.2, 0) is 6.42 Å².